The van der Waals surface area contributed by atoms with Gasteiger partial charge in [-0.2, -0.15) is 0 Å². The van der Waals surface area contributed by atoms with Gasteiger partial charge in [0.15, 0.2) is 11.0 Å². The minimum absolute atomic E-state index is 0.266. The number of amides is 2. The molecule has 5 rings (SSSR count). The Balaban J connectivity index is 1.50. The molecule has 208 valence electrons. The molecule has 5 aromatic rings. The fraction of sp³-hybridized carbons (Fsp3) is 0.182. The first-order chi connectivity index (χ1) is 19.9. The van der Waals surface area contributed by atoms with E-state index in [1.165, 1.54) is 23.9 Å². The molecule has 1 heterocycles. The van der Waals surface area contributed by atoms with Crippen LogP contribution < -0.4 is 10.6 Å². The number of anilines is 1. The Bertz CT molecular complexity index is 1600. The number of urea groups is 1. The van der Waals surface area contributed by atoms with Gasteiger partial charge in [0.2, 0.25) is 0 Å². The van der Waals surface area contributed by atoms with E-state index in [4.69, 9.17) is 0 Å². The quantitative estimate of drug-likeness (QED) is 0.179. The summed E-state index contributed by atoms with van der Waals surface area (Å²) in [7, 11) is 0. The van der Waals surface area contributed by atoms with Gasteiger partial charge in [-0.1, -0.05) is 90.1 Å². The Hall–Kier alpha value is -4.43. The minimum Gasteiger partial charge on any atom is -0.327 e. The van der Waals surface area contributed by atoms with Crippen molar-refractivity contribution in [1.82, 2.24) is 20.1 Å². The van der Waals surface area contributed by atoms with E-state index in [9.17, 15) is 9.18 Å². The van der Waals surface area contributed by atoms with E-state index in [1.807, 2.05) is 98.1 Å². The monoisotopic (exact) mass is 565 g/mol. The fourth-order valence-electron chi connectivity index (χ4n) is 4.64. The lowest BCUT2D eigenvalue weighted by Crippen LogP contribution is -2.35. The van der Waals surface area contributed by atoms with Gasteiger partial charge in [0, 0.05) is 23.5 Å². The summed E-state index contributed by atoms with van der Waals surface area (Å²) < 4.78 is 15.5. The van der Waals surface area contributed by atoms with Crippen LogP contribution in [0.1, 0.15) is 39.7 Å². The number of thioether (sulfide) groups is 1. The van der Waals surface area contributed by atoms with Gasteiger partial charge in [-0.15, -0.1) is 10.2 Å². The minimum atomic E-state index is -0.476. The van der Waals surface area contributed by atoms with Crippen LogP contribution in [0.2, 0.25) is 0 Å². The highest BCUT2D eigenvalue weighted by Gasteiger charge is 2.25. The molecule has 0 aliphatic rings. The number of halogens is 1. The summed E-state index contributed by atoms with van der Waals surface area (Å²) in [4.78, 5) is 13.4. The maximum atomic E-state index is 13.5. The van der Waals surface area contributed by atoms with Gasteiger partial charge in [-0.05, 0) is 67.3 Å². The largest absolute Gasteiger partial charge is 0.327 e. The molecule has 0 saturated heterocycles. The summed E-state index contributed by atoms with van der Waals surface area (Å²) in [6, 6.07) is 29.7. The highest BCUT2D eigenvalue weighted by molar-refractivity contribution is 7.98. The van der Waals surface area contributed by atoms with Crippen LogP contribution in [0.25, 0.3) is 5.69 Å². The van der Waals surface area contributed by atoms with E-state index in [0.717, 1.165) is 39.2 Å². The molecule has 0 aliphatic heterocycles. The fourth-order valence-corrected chi connectivity index (χ4v) is 5.56. The number of benzene rings is 4. The molecule has 0 radical (unpaired) electrons. The lowest BCUT2D eigenvalue weighted by molar-refractivity contribution is 0.247. The summed E-state index contributed by atoms with van der Waals surface area (Å²) >= 11 is 1.51. The van der Waals surface area contributed by atoms with Gasteiger partial charge in [-0.25, -0.2) is 9.18 Å². The maximum absolute atomic E-state index is 13.5. The highest BCUT2D eigenvalue weighted by atomic mass is 32.2. The van der Waals surface area contributed by atoms with E-state index in [2.05, 4.69) is 20.8 Å². The van der Waals surface area contributed by atoms with Crippen molar-refractivity contribution in [2.45, 2.75) is 44.1 Å². The van der Waals surface area contributed by atoms with Crippen molar-refractivity contribution in [3.8, 4) is 5.69 Å². The first kappa shape index (κ1) is 28.1. The molecule has 1 aromatic heterocycles. The number of nitrogens with zero attached hydrogens (tertiary/aromatic N) is 3. The highest BCUT2D eigenvalue weighted by Crippen LogP contribution is 2.29. The molecule has 8 heteroatoms. The van der Waals surface area contributed by atoms with Gasteiger partial charge in [0.05, 0.1) is 6.04 Å². The molecular formula is C33H32FN5OS. The van der Waals surface area contributed by atoms with Crippen LogP contribution in [-0.2, 0) is 12.2 Å². The van der Waals surface area contributed by atoms with Crippen molar-refractivity contribution in [2.24, 2.45) is 0 Å². The first-order valence-electron chi connectivity index (χ1n) is 13.4. The van der Waals surface area contributed by atoms with Crippen LogP contribution in [0.5, 0.6) is 0 Å². The molecule has 0 saturated carbocycles. The zero-order valence-electron chi connectivity index (χ0n) is 23.3. The molecule has 0 fully saturated rings. The number of rotatable bonds is 9. The maximum Gasteiger partial charge on any atom is 0.319 e. The molecule has 2 amide bonds. The summed E-state index contributed by atoms with van der Waals surface area (Å²) in [5.74, 6) is 0.947. The molecule has 0 bridgehead atoms. The van der Waals surface area contributed by atoms with Gasteiger partial charge in [-0.3, -0.25) is 4.57 Å². The summed E-state index contributed by atoms with van der Waals surface area (Å²) in [5, 5.41) is 16.1. The number of para-hydroxylation sites is 1. The van der Waals surface area contributed by atoms with Gasteiger partial charge in [0.1, 0.15) is 5.82 Å². The van der Waals surface area contributed by atoms with Crippen LogP contribution in [-0.4, -0.2) is 20.8 Å². The van der Waals surface area contributed by atoms with E-state index in [0.29, 0.717) is 23.2 Å². The zero-order valence-corrected chi connectivity index (χ0v) is 24.1. The Kier molecular flexibility index (Phi) is 8.79. The second kappa shape index (κ2) is 12.8. The second-order valence-electron chi connectivity index (χ2n) is 10.0. The van der Waals surface area contributed by atoms with Crippen molar-refractivity contribution in [3.05, 3.63) is 137 Å². The van der Waals surface area contributed by atoms with Crippen LogP contribution in [0.3, 0.4) is 0 Å². The summed E-state index contributed by atoms with van der Waals surface area (Å²) in [6.07, 6.45) is 0.521. The van der Waals surface area contributed by atoms with Crippen LogP contribution in [0.4, 0.5) is 14.9 Å². The molecule has 1 atom stereocenters. The van der Waals surface area contributed by atoms with Crippen LogP contribution in [0, 0.1) is 26.6 Å². The number of hydrogen-bond acceptors (Lipinski definition) is 4. The lowest BCUT2D eigenvalue weighted by atomic mass is 10.1. The average Bonchev–Trinajstić information content (AvgIpc) is 3.39. The molecule has 41 heavy (non-hydrogen) atoms. The predicted octanol–water partition coefficient (Wildman–Crippen LogP) is 7.73. The summed E-state index contributed by atoms with van der Waals surface area (Å²) in [6.45, 7) is 5.99. The molecule has 6 nitrogen and oxygen atoms in total. The Morgan fingerprint density at radius 1 is 0.829 bits per heavy atom. The summed E-state index contributed by atoms with van der Waals surface area (Å²) in [5.41, 5.74) is 6.83. The number of nitrogens with one attached hydrogen (secondary N) is 2. The van der Waals surface area contributed by atoms with Crippen LogP contribution >= 0.6 is 11.8 Å². The normalized spacial score (nSPS) is 11.7. The van der Waals surface area contributed by atoms with E-state index in [-0.39, 0.29) is 11.8 Å². The predicted molar refractivity (Wildman–Crippen MR) is 163 cm³/mol. The van der Waals surface area contributed by atoms with Crippen molar-refractivity contribution in [1.29, 1.82) is 0 Å². The molecule has 0 aliphatic carbocycles. The lowest BCUT2D eigenvalue weighted by Gasteiger charge is -2.21. The third-order valence-electron chi connectivity index (χ3n) is 6.85. The molecule has 1 unspecified atom stereocenters. The Morgan fingerprint density at radius 2 is 1.51 bits per heavy atom. The molecule has 2 N–H and O–H groups in total. The molecule has 4 aromatic carbocycles. The third-order valence-corrected chi connectivity index (χ3v) is 7.85. The third kappa shape index (κ3) is 7.02. The first-order valence-corrected chi connectivity index (χ1v) is 14.4. The number of aromatic nitrogens is 3. The second-order valence-corrected chi connectivity index (χ2v) is 11.0. The number of hydrogen-bond donors (Lipinski definition) is 2. The molecule has 0 spiro atoms. The molecular weight excluding hydrogens is 533 g/mol. The smallest absolute Gasteiger partial charge is 0.319 e. The van der Waals surface area contributed by atoms with Gasteiger partial charge in [0.25, 0.3) is 0 Å². The van der Waals surface area contributed by atoms with Crippen molar-refractivity contribution < 1.29 is 9.18 Å². The standard InChI is InChI=1S/C33H32FN5OS/c1-22-12-18-28(19-13-22)39-31(37-38-33(39)41-21-26-14-16-27(34)17-15-26)29(20-25-10-5-4-6-11-25)35-32(40)36-30-23(2)8-7-9-24(30)3/h4-19,29H,20-21H2,1-3H3,(H2,35,36,40). The number of carbonyl (C=O) groups is 1. The average molecular weight is 566 g/mol. The van der Waals surface area contributed by atoms with Crippen molar-refractivity contribution in [2.75, 3.05) is 5.32 Å². The number of carbonyl (C=O) groups excluding carboxylic acids is 1. The van der Waals surface area contributed by atoms with E-state index >= 15 is 0 Å². The van der Waals surface area contributed by atoms with Gasteiger partial charge >= 0.3 is 6.03 Å². The Labute approximate surface area is 244 Å². The topological polar surface area (TPSA) is 71.8 Å². The Morgan fingerprint density at radius 3 is 2.20 bits per heavy atom. The van der Waals surface area contributed by atoms with Crippen molar-refractivity contribution in [3.63, 3.8) is 0 Å². The van der Waals surface area contributed by atoms with Gasteiger partial charge < -0.3 is 10.6 Å². The van der Waals surface area contributed by atoms with E-state index in [1.54, 1.807) is 12.1 Å². The van der Waals surface area contributed by atoms with Crippen LogP contribution in [0.15, 0.2) is 102 Å². The van der Waals surface area contributed by atoms with Crippen molar-refractivity contribution >= 4 is 23.5 Å². The SMILES string of the molecule is Cc1ccc(-n2c(SCc3ccc(F)cc3)nnc2C(Cc2ccccc2)NC(=O)Nc2c(C)cccc2C)cc1. The number of aryl methyl sites for hydroxylation is 3. The zero-order chi connectivity index (χ0) is 28.8. The van der Waals surface area contributed by atoms with E-state index < -0.39 is 6.04 Å².